The number of hydrogen-bond donors (Lipinski definition) is 2. The van der Waals surface area contributed by atoms with Crippen LogP contribution in [0.3, 0.4) is 0 Å². The summed E-state index contributed by atoms with van der Waals surface area (Å²) in [5.41, 5.74) is 1.90. The molecule has 1 unspecified atom stereocenters. The minimum Gasteiger partial charge on any atom is -0.342 e. The number of H-pyrrole nitrogens is 2. The van der Waals surface area contributed by atoms with Crippen LogP contribution in [0.2, 0.25) is 0 Å². The van der Waals surface area contributed by atoms with Crippen molar-refractivity contribution in [2.24, 2.45) is 0 Å². The molecule has 1 aliphatic heterocycles. The highest BCUT2D eigenvalue weighted by Gasteiger charge is 2.28. The predicted octanol–water partition coefficient (Wildman–Crippen LogP) is 1.67. The molecule has 1 aliphatic rings. The molecule has 7 nitrogen and oxygen atoms in total. The molecule has 0 spiro atoms. The molecule has 1 fully saturated rings. The van der Waals surface area contributed by atoms with Crippen molar-refractivity contribution in [3.8, 4) is 0 Å². The van der Waals surface area contributed by atoms with Crippen LogP contribution in [-0.4, -0.2) is 44.1 Å². The second-order valence-electron chi connectivity index (χ2n) is 6.04. The molecule has 122 valence electrons. The Bertz CT molecular complexity index is 892. The zero-order valence-electron chi connectivity index (χ0n) is 13.0. The van der Waals surface area contributed by atoms with Crippen LogP contribution in [0.5, 0.6) is 0 Å². The van der Waals surface area contributed by atoms with Crippen LogP contribution in [0.1, 0.15) is 35.1 Å². The first kappa shape index (κ1) is 14.6. The van der Waals surface area contributed by atoms with Crippen LogP contribution in [0.15, 0.2) is 41.2 Å². The SMILES string of the molecule is O=C(c1ccc(=O)[nH]n1)N1CCCC(c2nc3ccccc3[nH]2)C1. The molecule has 1 amide bonds. The van der Waals surface area contributed by atoms with Crippen LogP contribution in [0.4, 0.5) is 0 Å². The summed E-state index contributed by atoms with van der Waals surface area (Å²) >= 11 is 0. The largest absolute Gasteiger partial charge is 0.342 e. The first-order valence-corrected chi connectivity index (χ1v) is 8.00. The fourth-order valence-corrected chi connectivity index (χ4v) is 3.18. The molecule has 0 aliphatic carbocycles. The Hall–Kier alpha value is -2.96. The molecule has 1 saturated heterocycles. The lowest BCUT2D eigenvalue weighted by molar-refractivity contribution is 0.0697. The zero-order chi connectivity index (χ0) is 16.5. The summed E-state index contributed by atoms with van der Waals surface area (Å²) in [5, 5.41) is 6.14. The van der Waals surface area contributed by atoms with Crippen molar-refractivity contribution in [2.45, 2.75) is 18.8 Å². The maximum atomic E-state index is 12.6. The van der Waals surface area contributed by atoms with Gasteiger partial charge in [-0.25, -0.2) is 10.1 Å². The highest BCUT2D eigenvalue weighted by molar-refractivity contribution is 5.92. The van der Waals surface area contributed by atoms with Gasteiger partial charge in [0.1, 0.15) is 11.5 Å². The van der Waals surface area contributed by atoms with Crippen molar-refractivity contribution >= 4 is 16.9 Å². The van der Waals surface area contributed by atoms with Crippen molar-refractivity contribution in [1.82, 2.24) is 25.1 Å². The topological polar surface area (TPSA) is 94.7 Å². The first-order valence-electron chi connectivity index (χ1n) is 8.00. The van der Waals surface area contributed by atoms with E-state index < -0.39 is 0 Å². The molecule has 7 heteroatoms. The average Bonchev–Trinajstić information content (AvgIpc) is 3.06. The van der Waals surface area contributed by atoms with Crippen LogP contribution in [-0.2, 0) is 0 Å². The van der Waals surface area contributed by atoms with Gasteiger partial charge in [-0.3, -0.25) is 9.59 Å². The summed E-state index contributed by atoms with van der Waals surface area (Å²) in [5.74, 6) is 0.938. The van der Waals surface area contributed by atoms with Gasteiger partial charge in [0.15, 0.2) is 0 Å². The molecule has 2 N–H and O–H groups in total. The van der Waals surface area contributed by atoms with Gasteiger partial charge in [-0.2, -0.15) is 5.10 Å². The van der Waals surface area contributed by atoms with Crippen LogP contribution in [0.25, 0.3) is 11.0 Å². The van der Waals surface area contributed by atoms with E-state index in [2.05, 4.69) is 20.2 Å². The van der Waals surface area contributed by atoms with Gasteiger partial charge in [-0.1, -0.05) is 12.1 Å². The van der Waals surface area contributed by atoms with Crippen LogP contribution >= 0.6 is 0 Å². The number of rotatable bonds is 2. The number of fused-ring (bicyclic) bond motifs is 1. The smallest absolute Gasteiger partial charge is 0.274 e. The molecule has 1 atom stereocenters. The number of benzene rings is 1. The van der Waals surface area contributed by atoms with Crippen molar-refractivity contribution in [1.29, 1.82) is 0 Å². The van der Waals surface area contributed by atoms with E-state index in [4.69, 9.17) is 0 Å². The molecule has 4 rings (SSSR count). The van der Waals surface area contributed by atoms with E-state index in [-0.39, 0.29) is 23.1 Å². The first-order chi connectivity index (χ1) is 11.7. The highest BCUT2D eigenvalue weighted by atomic mass is 16.2. The molecule has 3 aromatic rings. The number of aromatic nitrogens is 4. The van der Waals surface area contributed by atoms with Crippen LogP contribution < -0.4 is 5.56 Å². The van der Waals surface area contributed by atoms with Crippen molar-refractivity contribution in [3.05, 3.63) is 58.3 Å². The normalized spacial score (nSPS) is 18.0. The lowest BCUT2D eigenvalue weighted by Gasteiger charge is -2.31. The predicted molar refractivity (Wildman–Crippen MR) is 88.8 cm³/mol. The molecule has 1 aromatic carbocycles. The summed E-state index contributed by atoms with van der Waals surface area (Å²) in [6.07, 6.45) is 1.90. The Balaban J connectivity index is 1.55. The number of nitrogens with one attached hydrogen (secondary N) is 2. The summed E-state index contributed by atoms with van der Waals surface area (Å²) in [4.78, 5) is 33.5. The van der Waals surface area contributed by atoms with E-state index in [1.807, 2.05) is 24.3 Å². The average molecular weight is 323 g/mol. The number of aromatic amines is 2. The highest BCUT2D eigenvalue weighted by Crippen LogP contribution is 2.27. The molecule has 2 aromatic heterocycles. The molecular weight excluding hydrogens is 306 g/mol. The number of hydrogen-bond acceptors (Lipinski definition) is 4. The lowest BCUT2D eigenvalue weighted by Crippen LogP contribution is -2.40. The number of para-hydroxylation sites is 2. The molecular formula is C17H17N5O2. The van der Waals surface area contributed by atoms with E-state index in [1.165, 1.54) is 12.1 Å². The minimum atomic E-state index is -0.314. The quantitative estimate of drug-likeness (QED) is 0.750. The minimum absolute atomic E-state index is 0.160. The number of piperidine rings is 1. The van der Waals surface area contributed by atoms with Gasteiger partial charge in [0.05, 0.1) is 11.0 Å². The fourth-order valence-electron chi connectivity index (χ4n) is 3.18. The van der Waals surface area contributed by atoms with E-state index in [9.17, 15) is 9.59 Å². The third-order valence-electron chi connectivity index (χ3n) is 4.40. The Kier molecular flexibility index (Phi) is 3.60. The number of imidazole rings is 1. The molecule has 0 bridgehead atoms. The third-order valence-corrected chi connectivity index (χ3v) is 4.40. The summed E-state index contributed by atoms with van der Waals surface area (Å²) in [6.45, 7) is 1.29. The van der Waals surface area contributed by atoms with E-state index in [0.717, 1.165) is 29.7 Å². The maximum absolute atomic E-state index is 12.6. The number of carbonyl (C=O) groups is 1. The van der Waals surface area contributed by atoms with Crippen molar-refractivity contribution < 1.29 is 4.79 Å². The fraction of sp³-hybridized carbons (Fsp3) is 0.294. The van der Waals surface area contributed by atoms with Gasteiger partial charge in [-0.15, -0.1) is 0 Å². The molecule has 24 heavy (non-hydrogen) atoms. The van der Waals surface area contributed by atoms with Gasteiger partial charge >= 0.3 is 0 Å². The molecule has 3 heterocycles. The standard InChI is InChI=1S/C17H17N5O2/c23-15-8-7-14(20-21-15)17(24)22-9-3-4-11(10-22)16-18-12-5-1-2-6-13(12)19-16/h1-2,5-8,11H,3-4,9-10H2,(H,18,19)(H,21,23). The van der Waals surface area contributed by atoms with E-state index >= 15 is 0 Å². The summed E-state index contributed by atoms with van der Waals surface area (Å²) in [7, 11) is 0. The lowest BCUT2D eigenvalue weighted by atomic mass is 9.97. The summed E-state index contributed by atoms with van der Waals surface area (Å²) in [6, 6.07) is 10.7. The second-order valence-corrected chi connectivity index (χ2v) is 6.04. The van der Waals surface area contributed by atoms with Crippen LogP contribution in [0, 0.1) is 0 Å². The second kappa shape index (κ2) is 5.92. The zero-order valence-corrected chi connectivity index (χ0v) is 13.0. The number of carbonyl (C=O) groups excluding carboxylic acids is 1. The van der Waals surface area contributed by atoms with Gasteiger partial charge in [-0.05, 0) is 31.0 Å². The van der Waals surface area contributed by atoms with Crippen molar-refractivity contribution in [3.63, 3.8) is 0 Å². The van der Waals surface area contributed by atoms with Gasteiger partial charge in [0.2, 0.25) is 0 Å². The Morgan fingerprint density at radius 3 is 2.88 bits per heavy atom. The number of likely N-dealkylation sites (tertiary alicyclic amines) is 1. The van der Waals surface area contributed by atoms with Gasteiger partial charge in [0.25, 0.3) is 11.5 Å². The molecule has 0 saturated carbocycles. The van der Waals surface area contributed by atoms with E-state index in [0.29, 0.717) is 13.1 Å². The van der Waals surface area contributed by atoms with Gasteiger partial charge < -0.3 is 9.88 Å². The monoisotopic (exact) mass is 323 g/mol. The Labute approximate surface area is 137 Å². The van der Waals surface area contributed by atoms with E-state index in [1.54, 1.807) is 4.90 Å². The Morgan fingerprint density at radius 2 is 2.08 bits per heavy atom. The van der Waals surface area contributed by atoms with Gasteiger partial charge in [0, 0.05) is 25.1 Å². The summed E-state index contributed by atoms with van der Waals surface area (Å²) < 4.78 is 0. The molecule has 0 radical (unpaired) electrons. The van der Waals surface area contributed by atoms with Crippen molar-refractivity contribution in [2.75, 3.05) is 13.1 Å². The Morgan fingerprint density at radius 1 is 1.21 bits per heavy atom. The maximum Gasteiger partial charge on any atom is 0.274 e. The third kappa shape index (κ3) is 2.68. The number of amides is 1. The number of nitrogens with zero attached hydrogens (tertiary/aromatic N) is 3.